The molecule has 0 N–H and O–H groups in total. The number of hydrogen-bond donors (Lipinski definition) is 0. The summed E-state index contributed by atoms with van der Waals surface area (Å²) in [7, 11) is 0. The van der Waals surface area contributed by atoms with Crippen molar-refractivity contribution < 1.29 is 4.74 Å². The van der Waals surface area contributed by atoms with Crippen LogP contribution in [0.4, 0.5) is 0 Å². The van der Waals surface area contributed by atoms with Crippen molar-refractivity contribution >= 4 is 35.0 Å². The van der Waals surface area contributed by atoms with Gasteiger partial charge in [0.25, 0.3) is 0 Å². The molecular weight excluding hydrogens is 387 g/mol. The molecule has 1 aromatic carbocycles. The fraction of sp³-hybridized carbons (Fsp3) is 0.550. The third kappa shape index (κ3) is 8.34. The summed E-state index contributed by atoms with van der Waals surface area (Å²) >= 11 is 13.8. The molecule has 3 nitrogen and oxygen atoms in total. The molecule has 1 unspecified atom stereocenters. The Bertz CT molecular complexity index is 622. The lowest BCUT2D eigenvalue weighted by Gasteiger charge is -2.18. The van der Waals surface area contributed by atoms with E-state index < -0.39 is 0 Å². The molecular formula is C20H28Cl2N2OS. The monoisotopic (exact) mass is 414 g/mol. The minimum atomic E-state index is 0.138. The third-order valence-electron chi connectivity index (χ3n) is 4.15. The largest absolute Gasteiger partial charge is 0.375 e. The van der Waals surface area contributed by atoms with Crippen molar-refractivity contribution in [2.75, 3.05) is 12.4 Å². The van der Waals surface area contributed by atoms with Crippen LogP contribution in [0.5, 0.6) is 0 Å². The third-order valence-corrected chi connectivity index (χ3v) is 6.02. The molecule has 1 aromatic heterocycles. The second-order valence-electron chi connectivity index (χ2n) is 6.41. The highest BCUT2D eigenvalue weighted by atomic mass is 35.5. The van der Waals surface area contributed by atoms with Crippen LogP contribution >= 0.6 is 35.0 Å². The molecule has 26 heavy (non-hydrogen) atoms. The molecule has 2 aromatic rings. The van der Waals surface area contributed by atoms with Gasteiger partial charge >= 0.3 is 0 Å². The van der Waals surface area contributed by atoms with E-state index in [9.17, 15) is 0 Å². The molecule has 144 valence electrons. The number of halogens is 2. The van der Waals surface area contributed by atoms with Gasteiger partial charge in [0.15, 0.2) is 0 Å². The summed E-state index contributed by atoms with van der Waals surface area (Å²) in [6, 6.07) is 5.76. The van der Waals surface area contributed by atoms with E-state index in [1.54, 1.807) is 18.0 Å². The zero-order valence-corrected chi connectivity index (χ0v) is 17.7. The summed E-state index contributed by atoms with van der Waals surface area (Å²) in [6.45, 7) is 3.87. The van der Waals surface area contributed by atoms with Crippen molar-refractivity contribution in [1.29, 1.82) is 0 Å². The first-order valence-corrected chi connectivity index (χ1v) is 11.1. The maximum Gasteiger partial charge on any atom is 0.0946 e. The smallest absolute Gasteiger partial charge is 0.0946 e. The van der Waals surface area contributed by atoms with Crippen LogP contribution in [-0.2, 0) is 11.3 Å². The molecule has 0 aliphatic carbocycles. The standard InChI is InChI=1S/C20H28Cl2N2OS/c1-2-3-4-5-6-7-12-25-17(14-24-11-10-23-16-24)15-26-18-8-9-19(21)20(22)13-18/h8-11,13,16-17H,2-7,12,14-15H2,1H3. The van der Waals surface area contributed by atoms with Crippen molar-refractivity contribution in [3.05, 3.63) is 47.0 Å². The minimum Gasteiger partial charge on any atom is -0.375 e. The second-order valence-corrected chi connectivity index (χ2v) is 8.31. The predicted octanol–water partition coefficient (Wildman–Crippen LogP) is 6.73. The van der Waals surface area contributed by atoms with Gasteiger partial charge in [0.1, 0.15) is 0 Å². The van der Waals surface area contributed by atoms with Gasteiger partial charge in [-0.05, 0) is 24.6 Å². The first kappa shape index (κ1) is 21.6. The molecule has 0 aliphatic rings. The Kier molecular flexibility index (Phi) is 10.5. The Balaban J connectivity index is 1.78. The van der Waals surface area contributed by atoms with Gasteiger partial charge in [-0.3, -0.25) is 0 Å². The SMILES string of the molecule is CCCCCCCCOC(CSc1ccc(Cl)c(Cl)c1)Cn1ccnc1. The van der Waals surface area contributed by atoms with Crippen molar-refractivity contribution in [2.45, 2.75) is 63.0 Å². The zero-order chi connectivity index (χ0) is 18.6. The number of benzene rings is 1. The lowest BCUT2D eigenvalue weighted by atomic mass is 10.1. The predicted molar refractivity (Wildman–Crippen MR) is 113 cm³/mol. The van der Waals surface area contributed by atoms with Gasteiger partial charge in [-0.25, -0.2) is 4.98 Å². The van der Waals surface area contributed by atoms with Crippen LogP contribution in [0.1, 0.15) is 45.4 Å². The molecule has 0 saturated heterocycles. The Labute approximate surface area is 171 Å². The molecule has 6 heteroatoms. The molecule has 1 heterocycles. The molecule has 0 spiro atoms. The topological polar surface area (TPSA) is 27.1 Å². The Morgan fingerprint density at radius 2 is 1.92 bits per heavy atom. The summed E-state index contributed by atoms with van der Waals surface area (Å²) in [5, 5.41) is 1.18. The Hall–Kier alpha value is -0.680. The van der Waals surface area contributed by atoms with E-state index in [2.05, 4.69) is 16.5 Å². The van der Waals surface area contributed by atoms with Crippen LogP contribution < -0.4 is 0 Å². The fourth-order valence-corrected chi connectivity index (χ4v) is 3.98. The molecule has 0 fully saturated rings. The minimum absolute atomic E-state index is 0.138. The summed E-state index contributed by atoms with van der Waals surface area (Å²) in [5.41, 5.74) is 0. The second kappa shape index (κ2) is 12.7. The highest BCUT2D eigenvalue weighted by molar-refractivity contribution is 7.99. The molecule has 1 atom stereocenters. The van der Waals surface area contributed by atoms with E-state index in [0.717, 1.165) is 30.2 Å². The molecule has 0 radical (unpaired) electrons. The molecule has 0 saturated carbocycles. The average Bonchev–Trinajstić information content (AvgIpc) is 3.14. The molecule has 2 rings (SSSR count). The molecule has 0 aliphatic heterocycles. The van der Waals surface area contributed by atoms with E-state index in [1.807, 2.05) is 30.7 Å². The number of hydrogen-bond acceptors (Lipinski definition) is 3. The maximum atomic E-state index is 6.17. The first-order chi connectivity index (χ1) is 12.7. The van der Waals surface area contributed by atoms with Gasteiger partial charge in [-0.2, -0.15) is 0 Å². The molecule has 0 bridgehead atoms. The Morgan fingerprint density at radius 3 is 2.65 bits per heavy atom. The van der Waals surface area contributed by atoms with E-state index in [4.69, 9.17) is 27.9 Å². The average molecular weight is 415 g/mol. The summed E-state index contributed by atoms with van der Waals surface area (Å²) in [6.07, 6.45) is 13.4. The lowest BCUT2D eigenvalue weighted by molar-refractivity contribution is 0.0548. The van der Waals surface area contributed by atoms with Crippen molar-refractivity contribution in [3.63, 3.8) is 0 Å². The number of aromatic nitrogens is 2. The van der Waals surface area contributed by atoms with E-state index in [-0.39, 0.29) is 6.10 Å². The number of ether oxygens (including phenoxy) is 1. The van der Waals surface area contributed by atoms with Crippen molar-refractivity contribution in [2.24, 2.45) is 0 Å². The molecule has 0 amide bonds. The number of imidazole rings is 1. The van der Waals surface area contributed by atoms with Gasteiger partial charge < -0.3 is 9.30 Å². The normalized spacial score (nSPS) is 12.4. The highest BCUT2D eigenvalue weighted by Gasteiger charge is 2.12. The lowest BCUT2D eigenvalue weighted by Crippen LogP contribution is -2.23. The van der Waals surface area contributed by atoms with Crippen LogP contribution in [0.15, 0.2) is 41.8 Å². The highest BCUT2D eigenvalue weighted by Crippen LogP contribution is 2.28. The quantitative estimate of drug-likeness (QED) is 0.268. The van der Waals surface area contributed by atoms with Crippen LogP contribution in [0.3, 0.4) is 0 Å². The number of unbranched alkanes of at least 4 members (excludes halogenated alkanes) is 5. The van der Waals surface area contributed by atoms with Crippen LogP contribution in [0.2, 0.25) is 10.0 Å². The Morgan fingerprint density at radius 1 is 1.12 bits per heavy atom. The maximum absolute atomic E-state index is 6.17. The van der Waals surface area contributed by atoms with Gasteiger partial charge in [-0.15, -0.1) is 11.8 Å². The number of nitrogens with zero attached hydrogens (tertiary/aromatic N) is 2. The van der Waals surface area contributed by atoms with Gasteiger partial charge in [0.2, 0.25) is 0 Å². The summed E-state index contributed by atoms with van der Waals surface area (Å²) in [4.78, 5) is 5.23. The first-order valence-electron chi connectivity index (χ1n) is 9.34. The van der Waals surface area contributed by atoms with Gasteiger partial charge in [0.05, 0.1) is 29.0 Å². The van der Waals surface area contributed by atoms with Crippen molar-refractivity contribution in [3.8, 4) is 0 Å². The van der Waals surface area contributed by atoms with Gasteiger partial charge in [0, 0.05) is 29.6 Å². The van der Waals surface area contributed by atoms with E-state index in [0.29, 0.717) is 10.0 Å². The van der Waals surface area contributed by atoms with Gasteiger partial charge in [-0.1, -0.05) is 62.2 Å². The van der Waals surface area contributed by atoms with E-state index >= 15 is 0 Å². The van der Waals surface area contributed by atoms with Crippen LogP contribution in [0, 0.1) is 0 Å². The number of thioether (sulfide) groups is 1. The van der Waals surface area contributed by atoms with Crippen LogP contribution in [-0.4, -0.2) is 28.0 Å². The zero-order valence-electron chi connectivity index (χ0n) is 15.4. The number of rotatable bonds is 13. The summed E-state index contributed by atoms with van der Waals surface area (Å²) < 4.78 is 8.24. The van der Waals surface area contributed by atoms with Crippen LogP contribution in [0.25, 0.3) is 0 Å². The fourth-order valence-electron chi connectivity index (χ4n) is 2.67. The van der Waals surface area contributed by atoms with E-state index in [1.165, 1.54) is 32.1 Å². The van der Waals surface area contributed by atoms with Crippen molar-refractivity contribution in [1.82, 2.24) is 9.55 Å². The summed E-state index contributed by atoms with van der Waals surface area (Å²) in [5.74, 6) is 0.867.